The van der Waals surface area contributed by atoms with Crippen LogP contribution in [-0.2, 0) is 56.8 Å². The zero-order valence-electron chi connectivity index (χ0n) is 23.3. The lowest BCUT2D eigenvalue weighted by molar-refractivity contribution is 0.0249. The highest BCUT2D eigenvalue weighted by Gasteiger charge is 2.34. The monoisotopic (exact) mass is 654 g/mol. The van der Waals surface area contributed by atoms with Gasteiger partial charge in [0.25, 0.3) is 0 Å². The molecule has 4 aliphatic rings. The van der Waals surface area contributed by atoms with Gasteiger partial charge in [0, 0.05) is 0 Å². The summed E-state index contributed by atoms with van der Waals surface area (Å²) in [6.07, 6.45) is -7.89. The van der Waals surface area contributed by atoms with Crippen molar-refractivity contribution in [2.75, 3.05) is 52.9 Å². The summed E-state index contributed by atoms with van der Waals surface area (Å²) < 4.78 is 58.3. The molecule has 4 saturated heterocycles. The first-order valence-electron chi connectivity index (χ1n) is 13.3. The third-order valence-electron chi connectivity index (χ3n) is 6.24. The molecular formula is C26H22O20. The van der Waals surface area contributed by atoms with E-state index in [9.17, 15) is 38.4 Å². The third-order valence-corrected chi connectivity index (χ3v) is 6.24. The van der Waals surface area contributed by atoms with Crippen molar-refractivity contribution in [3.05, 3.63) is 34.4 Å². The SMILES string of the molecule is O=C1OCC(COC(=O)c2cc(C(=O)OCC3COC(=O)O3)c(C(=O)OCC3COC(=O)O3)cc2C(=O)OCC2COC(=O)O2)O1. The number of carbonyl (C=O) groups excluding carboxylic acids is 8. The molecule has 0 amide bonds. The summed E-state index contributed by atoms with van der Waals surface area (Å²) in [4.78, 5) is 97.6. The van der Waals surface area contributed by atoms with E-state index in [0.29, 0.717) is 0 Å². The molecule has 5 rings (SSSR count). The standard InChI is InChI=1S/C26H22O20/c27-19(35-3-11-7-39-23(31)43-11)15-1-16(20(28)36-4-12-8-40-24(32)44-12)18(22(30)38-6-14-10-42-26(34)46-14)2-17(15)21(29)37-5-13-9-41-25(33)45-13/h1-2,11-14H,3-10H2. The van der Waals surface area contributed by atoms with Crippen LogP contribution in [0.5, 0.6) is 0 Å². The van der Waals surface area contributed by atoms with E-state index >= 15 is 0 Å². The Balaban J connectivity index is 1.42. The number of hydrogen-bond donors (Lipinski definition) is 0. The molecule has 0 aliphatic carbocycles. The van der Waals surface area contributed by atoms with Crippen LogP contribution in [-0.4, -0.2) is 126 Å². The summed E-state index contributed by atoms with van der Waals surface area (Å²) in [6, 6.07) is 1.59. The molecule has 20 heteroatoms. The molecule has 1 aromatic rings. The minimum atomic E-state index is -1.23. The molecule has 0 spiro atoms. The van der Waals surface area contributed by atoms with Crippen molar-refractivity contribution in [1.29, 1.82) is 0 Å². The van der Waals surface area contributed by atoms with Crippen LogP contribution in [0.4, 0.5) is 19.2 Å². The first-order valence-corrected chi connectivity index (χ1v) is 13.3. The van der Waals surface area contributed by atoms with E-state index in [4.69, 9.17) is 37.9 Å². The molecular weight excluding hydrogens is 632 g/mol. The van der Waals surface area contributed by atoms with Gasteiger partial charge in [-0.15, -0.1) is 0 Å². The second kappa shape index (κ2) is 13.9. The molecule has 4 atom stereocenters. The van der Waals surface area contributed by atoms with E-state index in [-0.39, 0.29) is 26.4 Å². The smallest absolute Gasteiger partial charge is 0.458 e. The van der Waals surface area contributed by atoms with Crippen LogP contribution >= 0.6 is 0 Å². The third kappa shape index (κ3) is 7.81. The summed E-state index contributed by atoms with van der Waals surface area (Å²) in [5.41, 5.74) is -2.42. The molecule has 0 aromatic heterocycles. The molecule has 1 aromatic carbocycles. The summed E-state index contributed by atoms with van der Waals surface area (Å²) >= 11 is 0. The van der Waals surface area contributed by atoms with Crippen LogP contribution in [0.25, 0.3) is 0 Å². The quantitative estimate of drug-likeness (QED) is 0.219. The number of hydrogen-bond acceptors (Lipinski definition) is 20. The van der Waals surface area contributed by atoms with Crippen LogP contribution in [0.15, 0.2) is 12.1 Å². The first-order chi connectivity index (χ1) is 22.0. The Labute approximate surface area is 255 Å². The highest BCUT2D eigenvalue weighted by Crippen LogP contribution is 2.24. The normalized spacial score (nSPS) is 23.0. The average molecular weight is 654 g/mol. The Kier molecular flexibility index (Phi) is 9.53. The van der Waals surface area contributed by atoms with Crippen molar-refractivity contribution in [1.82, 2.24) is 0 Å². The Morgan fingerprint density at radius 1 is 0.457 bits per heavy atom. The summed E-state index contributed by atoms with van der Waals surface area (Å²) in [7, 11) is 0. The van der Waals surface area contributed by atoms with Gasteiger partial charge in [-0.25, -0.2) is 38.4 Å². The van der Waals surface area contributed by atoms with Crippen molar-refractivity contribution >= 4 is 48.5 Å². The lowest BCUT2D eigenvalue weighted by Gasteiger charge is -2.17. The van der Waals surface area contributed by atoms with Crippen LogP contribution in [0.1, 0.15) is 41.4 Å². The highest BCUT2D eigenvalue weighted by atomic mass is 16.8. The number of ether oxygens (including phenoxy) is 12. The Morgan fingerprint density at radius 3 is 0.848 bits per heavy atom. The summed E-state index contributed by atoms with van der Waals surface area (Å²) in [5.74, 6) is -4.92. The Bertz CT molecular complexity index is 1240. The van der Waals surface area contributed by atoms with Gasteiger partial charge in [0.05, 0.1) is 22.3 Å². The highest BCUT2D eigenvalue weighted by molar-refractivity contribution is 6.10. The van der Waals surface area contributed by atoms with Crippen molar-refractivity contribution in [3.63, 3.8) is 0 Å². The maximum absolute atomic E-state index is 13.2. The zero-order valence-corrected chi connectivity index (χ0v) is 23.3. The second-order valence-corrected chi connectivity index (χ2v) is 9.54. The van der Waals surface area contributed by atoms with Gasteiger partial charge in [-0.1, -0.05) is 0 Å². The van der Waals surface area contributed by atoms with E-state index in [1.54, 1.807) is 0 Å². The molecule has 46 heavy (non-hydrogen) atoms. The number of rotatable bonds is 12. The first kappa shape index (κ1) is 31.6. The van der Waals surface area contributed by atoms with E-state index in [0.717, 1.165) is 12.1 Å². The second-order valence-electron chi connectivity index (χ2n) is 9.54. The van der Waals surface area contributed by atoms with Gasteiger partial charge in [0.1, 0.15) is 52.9 Å². The lowest BCUT2D eigenvalue weighted by atomic mass is 9.97. The van der Waals surface area contributed by atoms with Gasteiger partial charge >= 0.3 is 48.5 Å². The molecule has 0 bridgehead atoms. The maximum atomic E-state index is 13.2. The largest absolute Gasteiger partial charge is 0.508 e. The molecule has 0 radical (unpaired) electrons. The van der Waals surface area contributed by atoms with E-state index < -0.39 is 122 Å². The average Bonchev–Trinajstić information content (AvgIpc) is 3.85. The lowest BCUT2D eigenvalue weighted by Crippen LogP contribution is -2.27. The van der Waals surface area contributed by atoms with Gasteiger partial charge in [-0.05, 0) is 12.1 Å². The van der Waals surface area contributed by atoms with Gasteiger partial charge in [0.2, 0.25) is 0 Å². The molecule has 4 fully saturated rings. The summed E-state index contributed by atoms with van der Waals surface area (Å²) in [5, 5.41) is 0. The fourth-order valence-corrected chi connectivity index (χ4v) is 4.05. The van der Waals surface area contributed by atoms with Gasteiger partial charge in [-0.3, -0.25) is 0 Å². The van der Waals surface area contributed by atoms with Crippen LogP contribution in [0.3, 0.4) is 0 Å². The Hall–Kier alpha value is -5.82. The number of carbonyl (C=O) groups is 8. The van der Waals surface area contributed by atoms with Crippen molar-refractivity contribution in [2.24, 2.45) is 0 Å². The fraction of sp³-hybridized carbons (Fsp3) is 0.462. The van der Waals surface area contributed by atoms with Crippen LogP contribution in [0, 0.1) is 0 Å². The molecule has 4 aliphatic heterocycles. The number of benzene rings is 1. The van der Waals surface area contributed by atoms with Crippen LogP contribution < -0.4 is 0 Å². The van der Waals surface area contributed by atoms with Crippen molar-refractivity contribution in [3.8, 4) is 0 Å². The number of esters is 4. The van der Waals surface area contributed by atoms with Crippen molar-refractivity contribution < 1.29 is 95.2 Å². The molecule has 0 saturated carbocycles. The minimum absolute atomic E-state index is 0.234. The van der Waals surface area contributed by atoms with E-state index in [1.807, 2.05) is 0 Å². The Morgan fingerprint density at radius 2 is 0.674 bits per heavy atom. The van der Waals surface area contributed by atoms with E-state index in [1.165, 1.54) is 0 Å². The van der Waals surface area contributed by atoms with Gasteiger partial charge < -0.3 is 56.8 Å². The summed E-state index contributed by atoms with van der Waals surface area (Å²) in [6.45, 7) is -3.02. The fourth-order valence-electron chi connectivity index (χ4n) is 4.05. The predicted molar refractivity (Wildman–Crippen MR) is 132 cm³/mol. The van der Waals surface area contributed by atoms with Gasteiger partial charge in [-0.2, -0.15) is 0 Å². The molecule has 0 N–H and O–H groups in total. The molecule has 20 nitrogen and oxygen atoms in total. The molecule has 4 heterocycles. The topological polar surface area (TPSA) is 247 Å². The zero-order chi connectivity index (χ0) is 32.8. The van der Waals surface area contributed by atoms with Crippen LogP contribution in [0.2, 0.25) is 0 Å². The predicted octanol–water partition coefficient (Wildman–Crippen LogP) is 0.455. The maximum Gasteiger partial charge on any atom is 0.508 e. The van der Waals surface area contributed by atoms with E-state index in [2.05, 4.69) is 18.9 Å². The minimum Gasteiger partial charge on any atom is -0.458 e. The molecule has 246 valence electrons. The molecule has 4 unspecified atom stereocenters. The number of cyclic esters (lactones) is 8. The van der Waals surface area contributed by atoms with Crippen molar-refractivity contribution in [2.45, 2.75) is 24.4 Å². The van der Waals surface area contributed by atoms with Gasteiger partial charge in [0.15, 0.2) is 24.4 Å².